The summed E-state index contributed by atoms with van der Waals surface area (Å²) in [6.45, 7) is 6.02. The molecule has 0 radical (unpaired) electrons. The van der Waals surface area contributed by atoms with E-state index in [0.29, 0.717) is 11.8 Å². The summed E-state index contributed by atoms with van der Waals surface area (Å²) in [7, 11) is 1.94. The zero-order valence-electron chi connectivity index (χ0n) is 11.0. The van der Waals surface area contributed by atoms with Gasteiger partial charge in [-0.25, -0.2) is 0 Å². The number of nitrogens with zero attached hydrogens (tertiary/aromatic N) is 4. The first-order valence-corrected chi connectivity index (χ1v) is 5.47. The summed E-state index contributed by atoms with van der Waals surface area (Å²) < 4.78 is 0. The van der Waals surface area contributed by atoms with E-state index < -0.39 is 0 Å². The van der Waals surface area contributed by atoms with Gasteiger partial charge in [-0.15, -0.1) is 0 Å². The molecule has 5 heteroatoms. The van der Waals surface area contributed by atoms with Crippen LogP contribution in [0.3, 0.4) is 0 Å². The number of rotatable bonds is 2. The van der Waals surface area contributed by atoms with Gasteiger partial charge in [-0.1, -0.05) is 13.0 Å². The van der Waals surface area contributed by atoms with Crippen LogP contribution in [0.1, 0.15) is 17.0 Å². The Bertz CT molecular complexity index is 542. The average molecular weight is 465 g/mol. The fourth-order valence-electron chi connectivity index (χ4n) is 1.54. The first-order chi connectivity index (χ1) is 8.08. The van der Waals surface area contributed by atoms with E-state index in [9.17, 15) is 0 Å². The van der Waals surface area contributed by atoms with E-state index in [2.05, 4.69) is 53.3 Å². The monoisotopic (exact) mass is 465 g/mol. The summed E-state index contributed by atoms with van der Waals surface area (Å²) in [5, 5.41) is 0. The van der Waals surface area contributed by atoms with E-state index in [1.807, 2.05) is 18.9 Å². The molecule has 0 saturated heterocycles. The Balaban J connectivity index is 0.00000162. The summed E-state index contributed by atoms with van der Waals surface area (Å²) in [5.74, 6) is 1.28. The molecule has 1 heterocycles. The molecule has 0 aliphatic carbocycles. The van der Waals surface area contributed by atoms with Gasteiger partial charge in [0.25, 0.3) is 0 Å². The van der Waals surface area contributed by atoms with Crippen molar-refractivity contribution in [1.82, 2.24) is 15.0 Å². The maximum absolute atomic E-state index is 4.27. The van der Waals surface area contributed by atoms with Crippen molar-refractivity contribution in [3.05, 3.63) is 41.5 Å². The Morgan fingerprint density at radius 1 is 1.06 bits per heavy atom. The molecule has 0 unspecified atom stereocenters. The number of anilines is 2. The summed E-state index contributed by atoms with van der Waals surface area (Å²) >= 11 is 0. The molecule has 2 aromatic rings. The maximum Gasteiger partial charge on any atom is 0.116 e. The van der Waals surface area contributed by atoms with Gasteiger partial charge < -0.3 is 19.9 Å². The van der Waals surface area contributed by atoms with Crippen LogP contribution in [0.15, 0.2) is 18.2 Å². The first-order valence-electron chi connectivity index (χ1n) is 5.47. The van der Waals surface area contributed by atoms with Crippen molar-refractivity contribution in [2.75, 3.05) is 11.9 Å². The molecule has 0 N–H and O–H groups in total. The number of aromatic nitrogens is 3. The molecule has 4 nitrogen and oxygen atoms in total. The zero-order chi connectivity index (χ0) is 12.4. The van der Waals surface area contributed by atoms with Crippen molar-refractivity contribution in [1.29, 1.82) is 0 Å². The fourth-order valence-corrected chi connectivity index (χ4v) is 1.54. The second-order valence-corrected chi connectivity index (χ2v) is 4.11. The number of aryl methyl sites for hydroxylation is 3. The van der Waals surface area contributed by atoms with Crippen molar-refractivity contribution in [2.24, 2.45) is 0 Å². The Morgan fingerprint density at radius 3 is 2.39 bits per heavy atom. The van der Waals surface area contributed by atoms with Crippen LogP contribution in [-0.2, 0) is 0 Å². The van der Waals surface area contributed by atoms with E-state index in [1.54, 1.807) is 0 Å². The largest absolute Gasteiger partial charge is 0.367 e. The summed E-state index contributed by atoms with van der Waals surface area (Å²) in [6, 6.07) is 6.27. The molecule has 18 heavy (non-hydrogen) atoms. The van der Waals surface area contributed by atoms with Gasteiger partial charge in [-0.05, 0) is 37.1 Å². The predicted molar refractivity (Wildman–Crippen MR) is 67.4 cm³/mol. The van der Waals surface area contributed by atoms with Gasteiger partial charge in [0.15, 0.2) is 0 Å². The van der Waals surface area contributed by atoms with Crippen LogP contribution in [0.4, 0.5) is 11.6 Å². The van der Waals surface area contributed by atoms with Gasteiger partial charge in [0.1, 0.15) is 5.95 Å². The second kappa shape index (κ2) is 6.31. The predicted octanol–water partition coefficient (Wildman–Crippen LogP) is 2.36. The quantitative estimate of drug-likeness (QED) is 0.639. The smallest absolute Gasteiger partial charge is 0.116 e. The van der Waals surface area contributed by atoms with E-state index in [1.165, 1.54) is 11.1 Å². The molecule has 0 fully saturated rings. The molecule has 1 aromatic heterocycles. The summed E-state index contributed by atoms with van der Waals surface area (Å²) in [5.41, 5.74) is 3.59. The fraction of sp³-hybridized carbons (Fsp3) is 0.308. The Kier molecular flexibility index (Phi) is 5.31. The van der Waals surface area contributed by atoms with Gasteiger partial charge in [-0.2, -0.15) is 0 Å². The first kappa shape index (κ1) is 15.1. The Labute approximate surface area is 131 Å². The molecular formula is C13H15N4U-. The van der Waals surface area contributed by atoms with E-state index in [4.69, 9.17) is 0 Å². The minimum Gasteiger partial charge on any atom is -0.367 e. The van der Waals surface area contributed by atoms with Crippen molar-refractivity contribution in [3.63, 3.8) is 0 Å². The standard InChI is InChI=1S/C13H15N4.U/c1-9-5-6-12(7-10(9)2)17(4)13-15-8-14-11(3)16-13;/h5-7H,1-4H3;/q-1;. The van der Waals surface area contributed by atoms with Crippen LogP contribution >= 0.6 is 0 Å². The maximum atomic E-state index is 4.27. The zero-order valence-corrected chi connectivity index (χ0v) is 15.2. The molecule has 92 valence electrons. The second-order valence-electron chi connectivity index (χ2n) is 4.11. The normalized spacial score (nSPS) is 9.78. The third-order valence-corrected chi connectivity index (χ3v) is 2.80. The third-order valence-electron chi connectivity index (χ3n) is 2.80. The van der Waals surface area contributed by atoms with Gasteiger partial charge in [0, 0.05) is 56.0 Å². The van der Waals surface area contributed by atoms with Gasteiger partial charge in [-0.3, -0.25) is 0 Å². The van der Waals surface area contributed by atoms with E-state index in [0.717, 1.165) is 5.69 Å². The van der Waals surface area contributed by atoms with Crippen molar-refractivity contribution in [2.45, 2.75) is 20.8 Å². The molecule has 0 amide bonds. The number of hydrogen-bond acceptors (Lipinski definition) is 4. The topological polar surface area (TPSA) is 41.9 Å². The average Bonchev–Trinajstić information content (AvgIpc) is 2.32. The van der Waals surface area contributed by atoms with Crippen LogP contribution in [0, 0.1) is 58.2 Å². The molecule has 0 aliphatic rings. The minimum atomic E-state index is 0. The van der Waals surface area contributed by atoms with Gasteiger partial charge in [0.05, 0.1) is 0 Å². The van der Waals surface area contributed by atoms with Crippen LogP contribution in [-0.4, -0.2) is 22.0 Å². The molecule has 0 aliphatic heterocycles. The van der Waals surface area contributed by atoms with Crippen molar-refractivity contribution in [3.8, 4) is 0 Å². The molecular weight excluding hydrogens is 450 g/mol. The third kappa shape index (κ3) is 3.30. The molecule has 0 saturated carbocycles. The van der Waals surface area contributed by atoms with Crippen LogP contribution in [0.5, 0.6) is 0 Å². The van der Waals surface area contributed by atoms with Crippen LogP contribution < -0.4 is 4.90 Å². The summed E-state index contributed by atoms with van der Waals surface area (Å²) in [4.78, 5) is 14.1. The molecule has 2 rings (SSSR count). The number of benzene rings is 1. The molecule has 0 spiro atoms. The van der Waals surface area contributed by atoms with Crippen molar-refractivity contribution < 1.29 is 31.1 Å². The molecule has 0 atom stereocenters. The van der Waals surface area contributed by atoms with Crippen LogP contribution in [0.2, 0.25) is 0 Å². The van der Waals surface area contributed by atoms with Crippen LogP contribution in [0.25, 0.3) is 0 Å². The molecule has 1 aromatic carbocycles. The Morgan fingerprint density at radius 2 is 1.78 bits per heavy atom. The molecule has 0 bridgehead atoms. The summed E-state index contributed by atoms with van der Waals surface area (Å²) in [6.07, 6.45) is 2.60. The SMILES string of the molecule is Cc1n[c-]nc(N(C)c2ccc(C)c(C)c2)n1.[U]. The van der Waals surface area contributed by atoms with Crippen molar-refractivity contribution >= 4 is 11.6 Å². The minimum absolute atomic E-state index is 0. The van der Waals surface area contributed by atoms with E-state index >= 15 is 0 Å². The van der Waals surface area contributed by atoms with Gasteiger partial charge in [0.2, 0.25) is 0 Å². The van der Waals surface area contributed by atoms with Gasteiger partial charge >= 0.3 is 0 Å². The number of hydrogen-bond donors (Lipinski definition) is 0. The Hall–Kier alpha value is -0.918. The van der Waals surface area contributed by atoms with E-state index in [-0.39, 0.29) is 31.1 Å².